The Morgan fingerprint density at radius 2 is 1.82 bits per heavy atom. The molecule has 174 valence electrons. The predicted octanol–water partition coefficient (Wildman–Crippen LogP) is 5.64. The summed E-state index contributed by atoms with van der Waals surface area (Å²) in [6.45, 7) is 4.37. The number of aromatic nitrogens is 2. The largest absolute Gasteiger partial charge is 0.476 e. The van der Waals surface area contributed by atoms with E-state index in [4.69, 9.17) is 32.7 Å². The first-order chi connectivity index (χ1) is 15.7. The van der Waals surface area contributed by atoms with Crippen molar-refractivity contribution < 1.29 is 27.1 Å². The average molecular weight is 514 g/mol. The first-order valence-electron chi connectivity index (χ1n) is 9.33. The number of carbonyl (C=O) groups is 1. The molecule has 2 heterocycles. The van der Waals surface area contributed by atoms with E-state index in [1.165, 1.54) is 12.3 Å². The molecular formula is C21H18Cl2FN3O5S. The van der Waals surface area contributed by atoms with Crippen LogP contribution < -0.4 is 9.47 Å². The fourth-order valence-corrected chi connectivity index (χ4v) is 2.79. The number of nitrogens with zero attached hydrogens (tertiary/aromatic N) is 3. The van der Waals surface area contributed by atoms with Gasteiger partial charge in [0, 0.05) is 24.5 Å². The zero-order valence-corrected chi connectivity index (χ0v) is 19.7. The summed E-state index contributed by atoms with van der Waals surface area (Å²) in [6, 6.07) is 8.87. The highest BCUT2D eigenvalue weighted by molar-refractivity contribution is 7.62. The molecule has 0 saturated carbocycles. The Morgan fingerprint density at radius 1 is 1.12 bits per heavy atom. The van der Waals surface area contributed by atoms with Crippen LogP contribution in [0.15, 0.2) is 59.4 Å². The molecule has 0 N–H and O–H groups in total. The van der Waals surface area contributed by atoms with Gasteiger partial charge in [0.15, 0.2) is 0 Å². The number of rotatable bonds is 6. The predicted molar refractivity (Wildman–Crippen MR) is 121 cm³/mol. The van der Waals surface area contributed by atoms with Crippen molar-refractivity contribution in [1.29, 1.82) is 0 Å². The van der Waals surface area contributed by atoms with Gasteiger partial charge in [-0.05, 0) is 24.1 Å². The molecule has 0 fully saturated rings. The van der Waals surface area contributed by atoms with E-state index in [1.807, 2.05) is 32.0 Å². The lowest BCUT2D eigenvalue weighted by Gasteiger charge is -2.12. The smallest absolute Gasteiger partial charge is 0.319 e. The zero-order valence-electron chi connectivity index (χ0n) is 17.4. The summed E-state index contributed by atoms with van der Waals surface area (Å²) >= 11 is 12.0. The minimum absolute atomic E-state index is 0.123. The Hall–Kier alpha value is -3.08. The van der Waals surface area contributed by atoms with E-state index in [2.05, 4.69) is 14.3 Å². The highest BCUT2D eigenvalue weighted by Crippen LogP contribution is 2.34. The van der Waals surface area contributed by atoms with E-state index in [9.17, 15) is 17.6 Å². The molecule has 0 aliphatic carbocycles. The van der Waals surface area contributed by atoms with Crippen LogP contribution in [0, 0.1) is 11.7 Å². The molecule has 1 aromatic carbocycles. The molecule has 2 aromatic heterocycles. The minimum Gasteiger partial charge on any atom is -0.476 e. The van der Waals surface area contributed by atoms with E-state index in [1.54, 1.807) is 12.4 Å². The Bertz CT molecular complexity index is 1210. The molecule has 0 aliphatic heterocycles. The van der Waals surface area contributed by atoms with Gasteiger partial charge >= 0.3 is 10.5 Å². The van der Waals surface area contributed by atoms with Crippen molar-refractivity contribution in [1.82, 2.24) is 9.97 Å². The molecule has 3 rings (SSSR count). The molecule has 0 saturated heterocycles. The summed E-state index contributed by atoms with van der Waals surface area (Å²) in [5, 5.41) is 0.0520. The molecule has 0 aliphatic rings. The number of hydrogen-bond donors (Lipinski definition) is 0. The van der Waals surface area contributed by atoms with E-state index >= 15 is 0 Å². The molecule has 0 unspecified atom stereocenters. The third-order valence-corrected chi connectivity index (χ3v) is 4.42. The van der Waals surface area contributed by atoms with E-state index < -0.39 is 27.8 Å². The van der Waals surface area contributed by atoms with Crippen LogP contribution in [0.4, 0.5) is 4.39 Å². The van der Waals surface area contributed by atoms with Gasteiger partial charge in [-0.25, -0.2) is 9.37 Å². The number of amides is 1. The van der Waals surface area contributed by atoms with E-state index in [0.717, 1.165) is 12.1 Å². The first-order valence-corrected chi connectivity index (χ1v) is 11.1. The van der Waals surface area contributed by atoms with Gasteiger partial charge in [-0.2, -0.15) is 8.42 Å². The van der Waals surface area contributed by atoms with Crippen molar-refractivity contribution >= 4 is 39.6 Å². The molecular weight excluding hydrogens is 496 g/mol. The highest BCUT2D eigenvalue weighted by atomic mass is 35.5. The molecule has 0 bridgehead atoms. The Labute approximate surface area is 201 Å². The molecule has 33 heavy (non-hydrogen) atoms. The minimum atomic E-state index is -3.01. The maximum Gasteiger partial charge on any atom is 0.319 e. The highest BCUT2D eigenvalue weighted by Gasteiger charge is 2.17. The number of ether oxygens (including phenoxy) is 2. The van der Waals surface area contributed by atoms with Crippen molar-refractivity contribution in [2.24, 2.45) is 10.3 Å². The Morgan fingerprint density at radius 3 is 2.33 bits per heavy atom. The molecule has 12 heteroatoms. The summed E-state index contributed by atoms with van der Waals surface area (Å²) in [4.78, 5) is 19.4. The summed E-state index contributed by atoms with van der Waals surface area (Å²) in [6.07, 6.45) is 4.81. The molecule has 0 radical (unpaired) electrons. The van der Waals surface area contributed by atoms with Crippen LogP contribution in [-0.4, -0.2) is 30.9 Å². The fraction of sp³-hybridized carbons (Fsp3) is 0.190. The van der Waals surface area contributed by atoms with E-state index in [-0.39, 0.29) is 33.3 Å². The Kier molecular flexibility index (Phi) is 10.2. The monoisotopic (exact) mass is 513 g/mol. The van der Waals surface area contributed by atoms with Crippen LogP contribution in [0.25, 0.3) is 0 Å². The van der Waals surface area contributed by atoms with Gasteiger partial charge in [-0.1, -0.05) is 47.5 Å². The Balaban J connectivity index is 0.000000554. The lowest BCUT2D eigenvalue weighted by atomic mass is 10.2. The van der Waals surface area contributed by atoms with Gasteiger partial charge < -0.3 is 9.47 Å². The SMILES string of the molecule is CC(C)COc1ncc(Oc2cc(F)c(C(=O)N=S(=O)=O)cc2Cl)cc1Cl.c1ccncc1. The lowest BCUT2D eigenvalue weighted by Crippen LogP contribution is -2.06. The third-order valence-electron chi connectivity index (χ3n) is 3.54. The van der Waals surface area contributed by atoms with Crippen LogP contribution in [0.2, 0.25) is 10.0 Å². The second kappa shape index (κ2) is 12.8. The van der Waals surface area contributed by atoms with Gasteiger partial charge in [-0.15, -0.1) is 0 Å². The normalized spacial score (nSPS) is 10.1. The van der Waals surface area contributed by atoms with Crippen LogP contribution in [0.5, 0.6) is 17.4 Å². The lowest BCUT2D eigenvalue weighted by molar-refractivity contribution is 0.100. The maximum atomic E-state index is 14.1. The topological polar surface area (TPSA) is 108 Å². The van der Waals surface area contributed by atoms with E-state index in [0.29, 0.717) is 6.61 Å². The van der Waals surface area contributed by atoms with Gasteiger partial charge in [0.2, 0.25) is 5.88 Å². The van der Waals surface area contributed by atoms with Gasteiger partial charge in [0.05, 0.1) is 23.4 Å². The summed E-state index contributed by atoms with van der Waals surface area (Å²) in [7, 11) is -3.01. The molecule has 1 amide bonds. The van der Waals surface area contributed by atoms with Crippen LogP contribution in [0.1, 0.15) is 24.2 Å². The van der Waals surface area contributed by atoms with Crippen molar-refractivity contribution in [3.05, 3.63) is 76.4 Å². The number of carbonyl (C=O) groups excluding carboxylic acids is 1. The molecule has 0 spiro atoms. The number of benzene rings is 1. The summed E-state index contributed by atoms with van der Waals surface area (Å²) in [5.41, 5.74) is -0.606. The third kappa shape index (κ3) is 8.76. The quantitative estimate of drug-likeness (QED) is 0.419. The first kappa shape index (κ1) is 26.2. The van der Waals surface area contributed by atoms with Crippen molar-refractivity contribution in [2.45, 2.75) is 13.8 Å². The van der Waals surface area contributed by atoms with Crippen molar-refractivity contribution in [2.75, 3.05) is 6.61 Å². The average Bonchev–Trinajstić information content (AvgIpc) is 2.76. The maximum absolute atomic E-state index is 14.1. The second-order valence-corrected chi connectivity index (χ2v) is 8.10. The second-order valence-electron chi connectivity index (χ2n) is 6.67. The molecule has 0 atom stereocenters. The molecule has 3 aromatic rings. The zero-order chi connectivity index (χ0) is 24.4. The van der Waals surface area contributed by atoms with Crippen molar-refractivity contribution in [3.63, 3.8) is 0 Å². The summed E-state index contributed by atoms with van der Waals surface area (Å²) < 4.78 is 48.5. The van der Waals surface area contributed by atoms with Gasteiger partial charge in [0.25, 0.3) is 5.91 Å². The number of hydrogen-bond acceptors (Lipinski definition) is 7. The van der Waals surface area contributed by atoms with Crippen molar-refractivity contribution in [3.8, 4) is 17.4 Å². The van der Waals surface area contributed by atoms with Gasteiger partial charge in [0.1, 0.15) is 22.3 Å². The summed E-state index contributed by atoms with van der Waals surface area (Å²) in [5.74, 6) is -1.80. The standard InChI is InChI=1S/C16H13Cl2FN2O5S.C5H5N/c1-8(2)7-25-16-12(18)3-9(6-20-16)26-14-5-13(19)10(4-11(14)17)15(22)21-27(23)24;1-2-4-6-5-3-1/h3-6,8H,7H2,1-2H3;1-5H. The van der Waals surface area contributed by atoms with Crippen LogP contribution in [-0.2, 0) is 10.5 Å². The van der Waals surface area contributed by atoms with Crippen LogP contribution in [0.3, 0.4) is 0 Å². The fourth-order valence-electron chi connectivity index (χ4n) is 2.14. The number of pyridine rings is 2. The van der Waals surface area contributed by atoms with Gasteiger partial charge in [-0.3, -0.25) is 9.78 Å². The molecule has 8 nitrogen and oxygen atoms in total. The van der Waals surface area contributed by atoms with Crippen LogP contribution >= 0.6 is 23.2 Å². The number of halogens is 3.